The first kappa shape index (κ1) is 11.2. The smallest absolute Gasteiger partial charge is 0.171 e. The normalized spacial score (nSPS) is 12.6. The second-order valence-corrected chi connectivity index (χ2v) is 4.44. The summed E-state index contributed by atoms with van der Waals surface area (Å²) < 4.78 is 0. The van der Waals surface area contributed by atoms with Crippen molar-refractivity contribution in [1.82, 2.24) is 20.3 Å². The van der Waals surface area contributed by atoms with Crippen molar-refractivity contribution in [3.05, 3.63) is 36.3 Å². The molecule has 0 radical (unpaired) electrons. The maximum atomic E-state index is 4.31. The van der Waals surface area contributed by atoms with Gasteiger partial charge in [0.1, 0.15) is 5.03 Å². The lowest BCUT2D eigenvalue weighted by Gasteiger charge is -2.10. The summed E-state index contributed by atoms with van der Waals surface area (Å²) in [5.41, 5.74) is 1.23. The van der Waals surface area contributed by atoms with Crippen molar-refractivity contribution in [2.45, 2.75) is 23.1 Å². The quantitative estimate of drug-likeness (QED) is 0.852. The molecule has 0 fully saturated rings. The fourth-order valence-electron chi connectivity index (χ4n) is 1.32. The minimum Gasteiger partial charge on any atom is -0.339 e. The molecule has 2 aromatic heterocycles. The van der Waals surface area contributed by atoms with E-state index in [4.69, 9.17) is 0 Å². The van der Waals surface area contributed by atoms with Crippen molar-refractivity contribution >= 4 is 11.8 Å². The Morgan fingerprint density at radius 2 is 2.25 bits per heavy atom. The largest absolute Gasteiger partial charge is 0.339 e. The Morgan fingerprint density at radius 3 is 2.94 bits per heavy atom. The summed E-state index contributed by atoms with van der Waals surface area (Å²) in [5.74, 6) is 0. The number of hydrogen-bond acceptors (Lipinski definition) is 4. The Hall–Kier alpha value is -1.33. The van der Waals surface area contributed by atoms with Gasteiger partial charge in [-0.05, 0) is 43.4 Å². The van der Waals surface area contributed by atoms with Crippen LogP contribution >= 0.6 is 11.8 Å². The lowest BCUT2D eigenvalue weighted by Crippen LogP contribution is -2.12. The van der Waals surface area contributed by atoms with Crippen molar-refractivity contribution in [1.29, 1.82) is 0 Å². The summed E-state index contributed by atoms with van der Waals surface area (Å²) in [7, 11) is 1.95. The minimum atomic E-state index is 0.332. The molecule has 0 saturated heterocycles. The first-order chi connectivity index (χ1) is 7.79. The fourth-order valence-corrected chi connectivity index (χ4v) is 2.07. The van der Waals surface area contributed by atoms with Gasteiger partial charge in [0, 0.05) is 24.6 Å². The molecule has 2 heterocycles. The summed E-state index contributed by atoms with van der Waals surface area (Å²) in [4.78, 5) is 11.5. The van der Waals surface area contributed by atoms with Gasteiger partial charge in [0.05, 0.1) is 0 Å². The molecule has 0 aliphatic rings. The lowest BCUT2D eigenvalue weighted by molar-refractivity contribution is 0.649. The monoisotopic (exact) mass is 234 g/mol. The van der Waals surface area contributed by atoms with E-state index in [0.717, 1.165) is 10.2 Å². The van der Waals surface area contributed by atoms with Crippen molar-refractivity contribution in [3.8, 4) is 0 Å². The van der Waals surface area contributed by atoms with Gasteiger partial charge in [0.2, 0.25) is 0 Å². The molecule has 16 heavy (non-hydrogen) atoms. The highest BCUT2D eigenvalue weighted by Crippen LogP contribution is 2.24. The molecule has 0 aliphatic carbocycles. The van der Waals surface area contributed by atoms with Crippen molar-refractivity contribution < 1.29 is 0 Å². The van der Waals surface area contributed by atoms with Crippen LogP contribution < -0.4 is 5.32 Å². The van der Waals surface area contributed by atoms with Crippen LogP contribution in [0.5, 0.6) is 0 Å². The highest BCUT2D eigenvalue weighted by molar-refractivity contribution is 7.99. The molecule has 0 aromatic carbocycles. The molecule has 2 rings (SSSR count). The van der Waals surface area contributed by atoms with Crippen LogP contribution in [0.15, 0.2) is 40.9 Å². The van der Waals surface area contributed by atoms with Crippen molar-refractivity contribution in [2.24, 2.45) is 0 Å². The number of aromatic amines is 1. The highest BCUT2D eigenvalue weighted by atomic mass is 32.2. The Morgan fingerprint density at radius 1 is 1.38 bits per heavy atom. The third kappa shape index (κ3) is 2.62. The predicted molar refractivity (Wildman–Crippen MR) is 64.4 cm³/mol. The van der Waals surface area contributed by atoms with Gasteiger partial charge in [0.15, 0.2) is 5.16 Å². The van der Waals surface area contributed by atoms with Crippen LogP contribution in [0.1, 0.15) is 18.5 Å². The van der Waals surface area contributed by atoms with E-state index < -0.39 is 0 Å². The number of rotatable bonds is 4. The number of nitrogens with zero attached hydrogens (tertiary/aromatic N) is 2. The molecule has 1 atom stereocenters. The summed E-state index contributed by atoms with van der Waals surface area (Å²) in [5, 5.41) is 5.02. The van der Waals surface area contributed by atoms with Crippen LogP contribution in [-0.4, -0.2) is 22.0 Å². The second kappa shape index (κ2) is 5.14. The maximum Gasteiger partial charge on any atom is 0.171 e. The molecular weight excluding hydrogens is 220 g/mol. The van der Waals surface area contributed by atoms with Gasteiger partial charge in [-0.15, -0.1) is 0 Å². The molecule has 0 amide bonds. The highest BCUT2D eigenvalue weighted by Gasteiger charge is 2.05. The molecule has 2 N–H and O–H groups in total. The number of pyridine rings is 1. The molecule has 0 bridgehead atoms. The number of H-pyrrole nitrogens is 1. The number of nitrogens with one attached hydrogen (secondary N) is 2. The fraction of sp³-hybridized carbons (Fsp3) is 0.273. The molecule has 0 saturated carbocycles. The van der Waals surface area contributed by atoms with Crippen LogP contribution in [-0.2, 0) is 0 Å². The SMILES string of the molecule is CNC(C)c1ccnc(Sc2ncc[nH]2)c1. The molecular formula is C11H14N4S. The minimum absolute atomic E-state index is 0.332. The average molecular weight is 234 g/mol. The number of aromatic nitrogens is 3. The van der Waals surface area contributed by atoms with E-state index in [9.17, 15) is 0 Å². The summed E-state index contributed by atoms with van der Waals surface area (Å²) >= 11 is 1.53. The second-order valence-electron chi connectivity index (χ2n) is 3.43. The van der Waals surface area contributed by atoms with Gasteiger partial charge in [-0.3, -0.25) is 0 Å². The van der Waals surface area contributed by atoms with Gasteiger partial charge in [-0.25, -0.2) is 9.97 Å². The van der Waals surface area contributed by atoms with Gasteiger partial charge in [-0.1, -0.05) is 0 Å². The number of imidazole rings is 1. The van der Waals surface area contributed by atoms with Gasteiger partial charge < -0.3 is 10.3 Å². The van der Waals surface area contributed by atoms with Crippen LogP contribution in [0.25, 0.3) is 0 Å². The molecule has 84 valence electrons. The predicted octanol–water partition coefficient (Wildman–Crippen LogP) is 2.24. The summed E-state index contributed by atoms with van der Waals surface area (Å²) in [6.07, 6.45) is 5.37. The van der Waals surface area contributed by atoms with Crippen LogP contribution in [0.3, 0.4) is 0 Å². The topological polar surface area (TPSA) is 53.6 Å². The van der Waals surface area contributed by atoms with Crippen LogP contribution in [0, 0.1) is 0 Å². The summed E-state index contributed by atoms with van der Waals surface area (Å²) in [6, 6.07) is 4.43. The number of hydrogen-bond donors (Lipinski definition) is 2. The van der Waals surface area contributed by atoms with Crippen molar-refractivity contribution in [2.75, 3.05) is 7.05 Å². The van der Waals surface area contributed by atoms with Crippen molar-refractivity contribution in [3.63, 3.8) is 0 Å². The molecule has 0 aliphatic heterocycles. The Kier molecular flexibility index (Phi) is 3.58. The first-order valence-electron chi connectivity index (χ1n) is 5.10. The zero-order valence-electron chi connectivity index (χ0n) is 9.27. The molecule has 0 spiro atoms. The zero-order valence-corrected chi connectivity index (χ0v) is 10.1. The van der Waals surface area contributed by atoms with Crippen LogP contribution in [0.2, 0.25) is 0 Å². The van der Waals surface area contributed by atoms with Gasteiger partial charge in [-0.2, -0.15) is 0 Å². The molecule has 4 nitrogen and oxygen atoms in total. The van der Waals surface area contributed by atoms with Gasteiger partial charge in [0.25, 0.3) is 0 Å². The molecule has 1 unspecified atom stereocenters. The molecule has 2 aromatic rings. The lowest BCUT2D eigenvalue weighted by atomic mass is 10.1. The van der Waals surface area contributed by atoms with E-state index in [0.29, 0.717) is 6.04 Å². The zero-order chi connectivity index (χ0) is 11.4. The van der Waals surface area contributed by atoms with E-state index in [1.807, 2.05) is 25.5 Å². The molecule has 5 heteroatoms. The van der Waals surface area contributed by atoms with E-state index in [1.54, 1.807) is 6.20 Å². The average Bonchev–Trinajstić information content (AvgIpc) is 2.81. The third-order valence-electron chi connectivity index (χ3n) is 2.37. The van der Waals surface area contributed by atoms with E-state index >= 15 is 0 Å². The Bertz CT molecular complexity index is 441. The maximum absolute atomic E-state index is 4.31. The Labute approximate surface area is 98.9 Å². The van der Waals surface area contributed by atoms with E-state index in [-0.39, 0.29) is 0 Å². The third-order valence-corrected chi connectivity index (χ3v) is 3.22. The first-order valence-corrected chi connectivity index (χ1v) is 5.91. The van der Waals surface area contributed by atoms with Crippen LogP contribution in [0.4, 0.5) is 0 Å². The summed E-state index contributed by atoms with van der Waals surface area (Å²) in [6.45, 7) is 2.12. The van der Waals surface area contributed by atoms with E-state index in [1.165, 1.54) is 17.3 Å². The standard InChI is InChI=1S/C11H14N4S/c1-8(12-2)9-3-4-13-10(7-9)16-11-14-5-6-15-11/h3-8,12H,1-2H3,(H,14,15). The Balaban J connectivity index is 2.16. The van der Waals surface area contributed by atoms with Gasteiger partial charge >= 0.3 is 0 Å². The van der Waals surface area contributed by atoms with E-state index in [2.05, 4.69) is 33.3 Å².